The Labute approximate surface area is 133 Å². The number of pyridine rings is 2. The van der Waals surface area contributed by atoms with Gasteiger partial charge in [0.15, 0.2) is 0 Å². The maximum atomic E-state index is 12.1. The molecule has 2 heterocycles. The van der Waals surface area contributed by atoms with Gasteiger partial charge in [-0.1, -0.05) is 20.8 Å². The van der Waals surface area contributed by atoms with Gasteiger partial charge in [0.1, 0.15) is 6.07 Å². The summed E-state index contributed by atoms with van der Waals surface area (Å²) in [6.45, 7) is 5.80. The highest BCUT2D eigenvalue weighted by atomic mass is 16.5. The van der Waals surface area contributed by atoms with Crippen LogP contribution in [0.25, 0.3) is 11.3 Å². The molecule has 0 aromatic carbocycles. The Morgan fingerprint density at radius 3 is 2.61 bits per heavy atom. The first-order valence-corrected chi connectivity index (χ1v) is 7.01. The largest absolute Gasteiger partial charge is 0.465 e. The average Bonchev–Trinajstić information content (AvgIpc) is 2.52. The van der Waals surface area contributed by atoms with E-state index in [1.54, 1.807) is 18.2 Å². The van der Waals surface area contributed by atoms with E-state index < -0.39 is 5.97 Å². The van der Waals surface area contributed by atoms with E-state index >= 15 is 0 Å². The number of aromatic nitrogens is 2. The van der Waals surface area contributed by atoms with Crippen molar-refractivity contribution >= 4 is 5.97 Å². The van der Waals surface area contributed by atoms with Crippen molar-refractivity contribution in [1.29, 1.82) is 5.26 Å². The van der Waals surface area contributed by atoms with Gasteiger partial charge in [0.05, 0.1) is 29.5 Å². The number of carbonyl (C=O) groups excluding carboxylic acids is 1. The second-order valence-corrected chi connectivity index (χ2v) is 6.04. The van der Waals surface area contributed by atoms with Crippen LogP contribution in [0.5, 0.6) is 0 Å². The van der Waals surface area contributed by atoms with Crippen molar-refractivity contribution in [2.24, 2.45) is 0 Å². The van der Waals surface area contributed by atoms with Gasteiger partial charge in [-0.05, 0) is 18.2 Å². The number of nitrogens with zero attached hydrogens (tertiary/aromatic N) is 2. The summed E-state index contributed by atoms with van der Waals surface area (Å²) in [4.78, 5) is 31.2. The van der Waals surface area contributed by atoms with Gasteiger partial charge in [0.2, 0.25) is 0 Å². The van der Waals surface area contributed by atoms with Gasteiger partial charge in [-0.15, -0.1) is 0 Å². The number of nitrogens with one attached hydrogen (secondary N) is 1. The molecular formula is C17H17N3O3. The lowest BCUT2D eigenvalue weighted by Crippen LogP contribution is -2.19. The van der Waals surface area contributed by atoms with Gasteiger partial charge in [-0.2, -0.15) is 5.26 Å². The molecular weight excluding hydrogens is 294 g/mol. The number of esters is 1. The summed E-state index contributed by atoms with van der Waals surface area (Å²) in [5.74, 6) is -0.636. The number of nitriles is 1. The zero-order valence-electron chi connectivity index (χ0n) is 13.4. The van der Waals surface area contributed by atoms with E-state index in [2.05, 4.69) is 9.97 Å². The Hall–Kier alpha value is -2.94. The predicted octanol–water partition coefficient (Wildman–Crippen LogP) is 2.39. The van der Waals surface area contributed by atoms with Crippen LogP contribution in [-0.2, 0) is 10.2 Å². The first-order chi connectivity index (χ1) is 10.8. The number of methoxy groups -OCH3 is 1. The van der Waals surface area contributed by atoms with Crippen molar-refractivity contribution in [2.75, 3.05) is 7.11 Å². The third-order valence-corrected chi connectivity index (χ3v) is 3.38. The van der Waals surface area contributed by atoms with Crippen molar-refractivity contribution in [3.8, 4) is 17.3 Å². The third-order valence-electron chi connectivity index (χ3n) is 3.38. The van der Waals surface area contributed by atoms with Crippen LogP contribution in [0.4, 0.5) is 0 Å². The van der Waals surface area contributed by atoms with Crippen molar-refractivity contribution in [1.82, 2.24) is 9.97 Å². The Morgan fingerprint density at radius 1 is 1.39 bits per heavy atom. The normalized spacial score (nSPS) is 10.9. The summed E-state index contributed by atoms with van der Waals surface area (Å²) < 4.78 is 4.76. The summed E-state index contributed by atoms with van der Waals surface area (Å²) in [5, 5.41) is 9.48. The molecule has 0 bridgehead atoms. The molecule has 0 radical (unpaired) electrons. The molecule has 0 aliphatic rings. The lowest BCUT2D eigenvalue weighted by molar-refractivity contribution is 0.0600. The van der Waals surface area contributed by atoms with E-state index in [0.29, 0.717) is 5.69 Å². The summed E-state index contributed by atoms with van der Waals surface area (Å²) >= 11 is 0. The molecule has 0 amide bonds. The Bertz CT molecular complexity index is 855. The summed E-state index contributed by atoms with van der Waals surface area (Å²) in [5.41, 5.74) is 0.401. The van der Waals surface area contributed by atoms with Crippen LogP contribution in [0.2, 0.25) is 0 Å². The maximum Gasteiger partial charge on any atom is 0.339 e. The smallest absolute Gasteiger partial charge is 0.339 e. The minimum Gasteiger partial charge on any atom is -0.465 e. The summed E-state index contributed by atoms with van der Waals surface area (Å²) in [6.07, 6.45) is 1.49. The minimum atomic E-state index is -0.636. The second-order valence-electron chi connectivity index (χ2n) is 6.04. The fourth-order valence-electron chi connectivity index (χ4n) is 2.12. The standard InChI is InChI=1S/C17H17N3O3/c1-17(2,3)13-8-11(16(22)23-4)12(9-18)14(20-13)10-6-5-7-19-15(10)21/h5-8H,1-4H3,(H,19,21). The number of H-pyrrole nitrogens is 1. The fourth-order valence-corrected chi connectivity index (χ4v) is 2.12. The van der Waals surface area contributed by atoms with E-state index in [0.717, 1.165) is 0 Å². The topological polar surface area (TPSA) is 95.8 Å². The Morgan fingerprint density at radius 2 is 2.09 bits per heavy atom. The molecule has 0 aliphatic carbocycles. The van der Waals surface area contributed by atoms with Gasteiger partial charge in [-0.3, -0.25) is 9.78 Å². The molecule has 2 rings (SSSR count). The molecule has 1 N–H and O–H groups in total. The molecule has 23 heavy (non-hydrogen) atoms. The highest BCUT2D eigenvalue weighted by Gasteiger charge is 2.25. The zero-order chi connectivity index (χ0) is 17.2. The van der Waals surface area contributed by atoms with Gasteiger partial charge in [-0.25, -0.2) is 4.79 Å². The van der Waals surface area contributed by atoms with Crippen molar-refractivity contribution in [2.45, 2.75) is 26.2 Å². The van der Waals surface area contributed by atoms with E-state index in [1.807, 2.05) is 26.8 Å². The number of rotatable bonds is 2. The monoisotopic (exact) mass is 311 g/mol. The molecule has 2 aromatic heterocycles. The quantitative estimate of drug-likeness (QED) is 0.859. The number of hydrogen-bond donors (Lipinski definition) is 1. The summed E-state index contributed by atoms with van der Waals surface area (Å²) in [7, 11) is 1.25. The SMILES string of the molecule is COC(=O)c1cc(C(C)(C)C)nc(-c2ccc[nH]c2=O)c1C#N. The highest BCUT2D eigenvalue weighted by molar-refractivity contribution is 5.94. The number of aromatic amines is 1. The van der Waals surface area contributed by atoms with Crippen molar-refractivity contribution in [3.63, 3.8) is 0 Å². The summed E-state index contributed by atoms with van der Waals surface area (Å²) in [6, 6.07) is 6.72. The third kappa shape index (κ3) is 3.14. The van der Waals surface area contributed by atoms with Crippen LogP contribution in [0, 0.1) is 11.3 Å². The molecule has 0 fully saturated rings. The molecule has 0 saturated heterocycles. The van der Waals surface area contributed by atoms with Crippen LogP contribution < -0.4 is 5.56 Å². The maximum absolute atomic E-state index is 12.1. The van der Waals surface area contributed by atoms with Gasteiger partial charge in [0, 0.05) is 17.3 Å². The number of ether oxygens (including phenoxy) is 1. The Balaban J connectivity index is 2.90. The molecule has 0 atom stereocenters. The van der Waals surface area contributed by atoms with Gasteiger partial charge < -0.3 is 9.72 Å². The minimum absolute atomic E-state index is 0.0292. The molecule has 0 unspecified atom stereocenters. The molecule has 2 aromatic rings. The van der Waals surface area contributed by atoms with Crippen molar-refractivity contribution in [3.05, 3.63) is 51.6 Å². The lowest BCUT2D eigenvalue weighted by Gasteiger charge is -2.20. The van der Waals surface area contributed by atoms with E-state index in [-0.39, 0.29) is 33.4 Å². The number of hydrogen-bond acceptors (Lipinski definition) is 5. The van der Waals surface area contributed by atoms with Crippen LogP contribution in [0.15, 0.2) is 29.2 Å². The molecule has 0 spiro atoms. The molecule has 6 nitrogen and oxygen atoms in total. The first-order valence-electron chi connectivity index (χ1n) is 7.01. The zero-order valence-corrected chi connectivity index (χ0v) is 13.4. The van der Waals surface area contributed by atoms with Crippen LogP contribution in [-0.4, -0.2) is 23.0 Å². The van der Waals surface area contributed by atoms with E-state index in [1.165, 1.54) is 13.3 Å². The molecule has 118 valence electrons. The lowest BCUT2D eigenvalue weighted by atomic mass is 9.88. The van der Waals surface area contributed by atoms with Gasteiger partial charge in [0.25, 0.3) is 5.56 Å². The second kappa shape index (κ2) is 6.05. The average molecular weight is 311 g/mol. The van der Waals surface area contributed by atoms with E-state index in [4.69, 9.17) is 4.74 Å². The van der Waals surface area contributed by atoms with Crippen LogP contribution >= 0.6 is 0 Å². The van der Waals surface area contributed by atoms with E-state index in [9.17, 15) is 14.9 Å². The Kier molecular flexibility index (Phi) is 4.32. The molecule has 0 saturated carbocycles. The number of carbonyl (C=O) groups is 1. The van der Waals surface area contributed by atoms with Crippen molar-refractivity contribution < 1.29 is 9.53 Å². The molecule has 0 aliphatic heterocycles. The predicted molar refractivity (Wildman–Crippen MR) is 85.0 cm³/mol. The fraction of sp³-hybridized carbons (Fsp3) is 0.294. The first kappa shape index (κ1) is 16.4. The van der Waals surface area contributed by atoms with Crippen LogP contribution in [0.1, 0.15) is 42.4 Å². The highest BCUT2D eigenvalue weighted by Crippen LogP contribution is 2.28. The molecule has 6 heteroatoms. The van der Waals surface area contributed by atoms with Crippen LogP contribution in [0.3, 0.4) is 0 Å². The van der Waals surface area contributed by atoms with Gasteiger partial charge >= 0.3 is 5.97 Å².